The highest BCUT2D eigenvalue weighted by Gasteiger charge is 2.35. The van der Waals surface area contributed by atoms with Gasteiger partial charge >= 0.3 is 0 Å². The number of nitrogens with zero attached hydrogens (tertiary/aromatic N) is 3. The van der Waals surface area contributed by atoms with Gasteiger partial charge in [0.2, 0.25) is 15.9 Å². The summed E-state index contributed by atoms with van der Waals surface area (Å²) < 4.78 is 33.4. The van der Waals surface area contributed by atoms with Crippen molar-refractivity contribution in [3.8, 4) is 5.75 Å². The number of carbonyl (C=O) groups excluding carboxylic acids is 2. The van der Waals surface area contributed by atoms with Crippen LogP contribution in [-0.4, -0.2) is 87.3 Å². The summed E-state index contributed by atoms with van der Waals surface area (Å²) in [5.41, 5.74) is 1.04. The second-order valence-corrected chi connectivity index (χ2v) is 10.2. The maximum atomic E-state index is 13.3. The number of anilines is 1. The van der Waals surface area contributed by atoms with Gasteiger partial charge in [0, 0.05) is 51.3 Å². The molecule has 10 heteroatoms. The third-order valence-corrected chi connectivity index (χ3v) is 8.19. The lowest BCUT2D eigenvalue weighted by Gasteiger charge is -2.37. The molecular formula is C20H28N4O5S. The summed E-state index contributed by atoms with van der Waals surface area (Å²) >= 11 is 0. The summed E-state index contributed by atoms with van der Waals surface area (Å²) in [4.78, 5) is 28.6. The van der Waals surface area contributed by atoms with Crippen molar-refractivity contribution in [1.82, 2.24) is 14.1 Å². The molecule has 2 saturated heterocycles. The summed E-state index contributed by atoms with van der Waals surface area (Å²) in [7, 11) is -1.66. The number of benzene rings is 1. The van der Waals surface area contributed by atoms with Gasteiger partial charge in [-0.15, -0.1) is 0 Å². The van der Waals surface area contributed by atoms with Gasteiger partial charge in [0.1, 0.15) is 5.75 Å². The number of amides is 2. The van der Waals surface area contributed by atoms with Crippen molar-refractivity contribution >= 4 is 27.5 Å². The molecule has 9 nitrogen and oxygen atoms in total. The molecule has 164 valence electrons. The number of sulfonamides is 1. The van der Waals surface area contributed by atoms with Crippen LogP contribution in [0.5, 0.6) is 5.75 Å². The highest BCUT2D eigenvalue weighted by atomic mass is 32.2. The lowest BCUT2D eigenvalue weighted by atomic mass is 9.96. The zero-order chi connectivity index (χ0) is 21.5. The van der Waals surface area contributed by atoms with Crippen molar-refractivity contribution in [2.24, 2.45) is 5.92 Å². The minimum Gasteiger partial charge on any atom is -0.482 e. The van der Waals surface area contributed by atoms with E-state index in [1.807, 2.05) is 11.9 Å². The molecule has 0 unspecified atom stereocenters. The molecule has 3 aliphatic heterocycles. The van der Waals surface area contributed by atoms with E-state index >= 15 is 0 Å². The maximum absolute atomic E-state index is 13.3. The molecule has 1 aromatic rings. The number of rotatable bonds is 3. The number of carbonyl (C=O) groups is 2. The second kappa shape index (κ2) is 8.16. The van der Waals surface area contributed by atoms with Crippen molar-refractivity contribution in [3.63, 3.8) is 0 Å². The Kier molecular flexibility index (Phi) is 5.73. The molecule has 0 aliphatic carbocycles. The molecule has 0 atom stereocenters. The molecule has 0 saturated carbocycles. The number of aryl methyl sites for hydroxylation is 1. The van der Waals surface area contributed by atoms with Gasteiger partial charge in [-0.1, -0.05) is 0 Å². The van der Waals surface area contributed by atoms with E-state index in [1.165, 1.54) is 10.4 Å². The van der Waals surface area contributed by atoms with Crippen molar-refractivity contribution in [2.45, 2.75) is 24.7 Å². The average Bonchev–Trinajstić information content (AvgIpc) is 2.73. The maximum Gasteiger partial charge on any atom is 0.262 e. The van der Waals surface area contributed by atoms with Crippen LogP contribution < -0.4 is 10.1 Å². The number of piperidine rings is 1. The number of nitrogens with one attached hydrogen (secondary N) is 1. The molecule has 4 rings (SSSR count). The fourth-order valence-corrected chi connectivity index (χ4v) is 5.95. The van der Waals surface area contributed by atoms with Crippen LogP contribution in [0.25, 0.3) is 0 Å². The quantitative estimate of drug-likeness (QED) is 0.741. The molecular weight excluding hydrogens is 408 g/mol. The van der Waals surface area contributed by atoms with Crippen molar-refractivity contribution in [2.75, 3.05) is 58.2 Å². The monoisotopic (exact) mass is 436 g/mol. The predicted molar refractivity (Wildman–Crippen MR) is 111 cm³/mol. The normalized spacial score (nSPS) is 21.7. The van der Waals surface area contributed by atoms with Crippen LogP contribution in [0.3, 0.4) is 0 Å². The molecule has 3 aliphatic rings. The van der Waals surface area contributed by atoms with Crippen LogP contribution in [0.1, 0.15) is 18.4 Å². The van der Waals surface area contributed by atoms with Crippen LogP contribution in [-0.2, 0) is 19.6 Å². The van der Waals surface area contributed by atoms with Crippen LogP contribution in [0, 0.1) is 12.8 Å². The molecule has 0 radical (unpaired) electrons. The fourth-order valence-electron chi connectivity index (χ4n) is 4.26. The molecule has 2 fully saturated rings. The number of hydrogen-bond acceptors (Lipinski definition) is 6. The fraction of sp³-hybridized carbons (Fsp3) is 0.600. The van der Waals surface area contributed by atoms with Crippen LogP contribution in [0.4, 0.5) is 5.69 Å². The first-order valence-corrected chi connectivity index (χ1v) is 11.7. The van der Waals surface area contributed by atoms with E-state index in [1.54, 1.807) is 13.0 Å². The minimum atomic E-state index is -3.71. The highest BCUT2D eigenvalue weighted by Crippen LogP contribution is 2.35. The van der Waals surface area contributed by atoms with Gasteiger partial charge in [0.05, 0.1) is 10.6 Å². The van der Waals surface area contributed by atoms with Gasteiger partial charge in [-0.2, -0.15) is 4.31 Å². The van der Waals surface area contributed by atoms with Crippen molar-refractivity contribution < 1.29 is 22.7 Å². The molecule has 0 spiro atoms. The van der Waals surface area contributed by atoms with E-state index in [0.717, 1.165) is 26.2 Å². The van der Waals surface area contributed by atoms with Gasteiger partial charge in [-0.05, 0) is 38.4 Å². The summed E-state index contributed by atoms with van der Waals surface area (Å²) in [6.07, 6.45) is 1.06. The van der Waals surface area contributed by atoms with E-state index in [-0.39, 0.29) is 29.2 Å². The summed E-state index contributed by atoms with van der Waals surface area (Å²) in [6.45, 7) is 5.43. The van der Waals surface area contributed by atoms with Gasteiger partial charge < -0.3 is 19.9 Å². The first-order chi connectivity index (χ1) is 14.3. The largest absolute Gasteiger partial charge is 0.482 e. The zero-order valence-corrected chi connectivity index (χ0v) is 18.2. The lowest BCUT2D eigenvalue weighted by molar-refractivity contribution is -0.138. The Hall–Kier alpha value is -2.17. The van der Waals surface area contributed by atoms with E-state index in [0.29, 0.717) is 42.9 Å². The molecule has 1 N–H and O–H groups in total. The average molecular weight is 437 g/mol. The van der Waals surface area contributed by atoms with Gasteiger partial charge in [-0.3, -0.25) is 9.59 Å². The van der Waals surface area contributed by atoms with Gasteiger partial charge in [0.25, 0.3) is 5.91 Å². The van der Waals surface area contributed by atoms with E-state index in [4.69, 9.17) is 4.74 Å². The number of fused-ring (bicyclic) bond motifs is 1. The smallest absolute Gasteiger partial charge is 0.262 e. The number of likely N-dealkylation sites (N-methyl/N-ethyl adjacent to an activating group) is 1. The summed E-state index contributed by atoms with van der Waals surface area (Å²) in [5.74, 6) is 0.126. The Morgan fingerprint density at radius 2 is 1.77 bits per heavy atom. The standard InChI is InChI=1S/C20H28N4O5S/c1-14-11-16-17(29-13-19(25)21-16)12-18(14)30(27,28)24-5-3-15(4-6-24)20(26)23-9-7-22(2)8-10-23/h11-12,15H,3-10,13H2,1-2H3,(H,21,25). The summed E-state index contributed by atoms with van der Waals surface area (Å²) in [6, 6.07) is 3.11. The first kappa shape index (κ1) is 21.1. The molecule has 1 aromatic carbocycles. The zero-order valence-electron chi connectivity index (χ0n) is 17.4. The van der Waals surface area contributed by atoms with Gasteiger partial charge in [-0.25, -0.2) is 8.42 Å². The van der Waals surface area contributed by atoms with E-state index in [2.05, 4.69) is 10.2 Å². The van der Waals surface area contributed by atoms with Crippen LogP contribution >= 0.6 is 0 Å². The molecule has 0 aromatic heterocycles. The lowest BCUT2D eigenvalue weighted by Crippen LogP contribution is -2.51. The topological polar surface area (TPSA) is 99.3 Å². The molecule has 3 heterocycles. The Morgan fingerprint density at radius 1 is 1.10 bits per heavy atom. The van der Waals surface area contributed by atoms with E-state index in [9.17, 15) is 18.0 Å². The van der Waals surface area contributed by atoms with Crippen molar-refractivity contribution in [3.05, 3.63) is 17.7 Å². The Labute approximate surface area is 177 Å². The summed E-state index contributed by atoms with van der Waals surface area (Å²) in [5, 5.41) is 2.69. The number of piperazine rings is 1. The third-order valence-electron chi connectivity index (χ3n) is 6.15. The Morgan fingerprint density at radius 3 is 2.43 bits per heavy atom. The Bertz CT molecular complexity index is 948. The number of ether oxygens (including phenoxy) is 1. The SMILES string of the molecule is Cc1cc2c(cc1S(=O)(=O)N1CCC(C(=O)N3CCN(C)CC3)CC1)OCC(=O)N2. The van der Waals surface area contributed by atoms with Crippen LogP contribution in [0.15, 0.2) is 17.0 Å². The van der Waals surface area contributed by atoms with Crippen molar-refractivity contribution in [1.29, 1.82) is 0 Å². The van der Waals surface area contributed by atoms with Gasteiger partial charge in [0.15, 0.2) is 6.61 Å². The first-order valence-electron chi connectivity index (χ1n) is 10.3. The Balaban J connectivity index is 1.44. The van der Waals surface area contributed by atoms with E-state index < -0.39 is 10.0 Å². The minimum absolute atomic E-state index is 0.122. The highest BCUT2D eigenvalue weighted by molar-refractivity contribution is 7.89. The molecule has 30 heavy (non-hydrogen) atoms. The number of hydrogen-bond donors (Lipinski definition) is 1. The molecule has 0 bridgehead atoms. The second-order valence-electron chi connectivity index (χ2n) is 8.26. The predicted octanol–water partition coefficient (Wildman–Crippen LogP) is 0.501. The van der Waals surface area contributed by atoms with Crippen LogP contribution in [0.2, 0.25) is 0 Å². The molecule has 2 amide bonds. The third kappa shape index (κ3) is 4.03.